The van der Waals surface area contributed by atoms with E-state index < -0.39 is 0 Å². The monoisotopic (exact) mass is 265 g/mol. The van der Waals surface area contributed by atoms with Crippen LogP contribution in [0.25, 0.3) is 16.3 Å². The zero-order valence-corrected chi connectivity index (χ0v) is 11.5. The zero-order valence-electron chi connectivity index (χ0n) is 11.5. The Balaban J connectivity index is 2.04. The molecule has 0 bridgehead atoms. The Morgan fingerprint density at radius 1 is 1.20 bits per heavy atom. The molecule has 100 valence electrons. The number of aromatic nitrogens is 2. The first-order chi connectivity index (χ1) is 9.64. The first kappa shape index (κ1) is 11.5. The van der Waals surface area contributed by atoms with Crippen LogP contribution in [-0.4, -0.2) is 27.7 Å². The summed E-state index contributed by atoms with van der Waals surface area (Å²) in [6.07, 6.45) is 3.81. The third-order valence-corrected chi connectivity index (χ3v) is 3.60. The summed E-state index contributed by atoms with van der Waals surface area (Å²) in [6.45, 7) is 4.76. The number of fused-ring (bicyclic) bond motifs is 3. The van der Waals surface area contributed by atoms with Gasteiger partial charge in [0, 0.05) is 11.6 Å². The van der Waals surface area contributed by atoms with Gasteiger partial charge < -0.3 is 4.74 Å². The van der Waals surface area contributed by atoms with Crippen LogP contribution in [0.1, 0.15) is 19.4 Å². The SMILES string of the molecule is CC1(C)COC(c2cnn3ccc4ccccc4c23)=N1. The molecule has 0 saturated heterocycles. The maximum absolute atomic E-state index is 5.77. The normalized spacial score (nSPS) is 17.4. The fourth-order valence-electron chi connectivity index (χ4n) is 2.63. The summed E-state index contributed by atoms with van der Waals surface area (Å²) in [5.74, 6) is 0.696. The number of hydrogen-bond donors (Lipinski definition) is 0. The minimum atomic E-state index is -0.159. The number of nitrogens with zero attached hydrogens (tertiary/aromatic N) is 3. The Morgan fingerprint density at radius 2 is 2.05 bits per heavy atom. The number of aliphatic imine (C=N–C) groups is 1. The van der Waals surface area contributed by atoms with Crippen molar-refractivity contribution >= 4 is 22.2 Å². The highest BCUT2D eigenvalue weighted by atomic mass is 16.5. The summed E-state index contributed by atoms with van der Waals surface area (Å²) in [5.41, 5.74) is 1.86. The molecule has 1 aliphatic heterocycles. The van der Waals surface area contributed by atoms with E-state index in [-0.39, 0.29) is 5.54 Å². The lowest BCUT2D eigenvalue weighted by atomic mass is 10.1. The van der Waals surface area contributed by atoms with Crippen molar-refractivity contribution in [3.05, 3.63) is 48.3 Å². The molecule has 0 unspecified atom stereocenters. The summed E-state index contributed by atoms with van der Waals surface area (Å²) in [7, 11) is 0. The van der Waals surface area contributed by atoms with E-state index in [1.807, 2.05) is 29.0 Å². The fraction of sp³-hybridized carbons (Fsp3) is 0.250. The van der Waals surface area contributed by atoms with Gasteiger partial charge in [-0.1, -0.05) is 24.3 Å². The molecule has 1 aromatic carbocycles. The van der Waals surface area contributed by atoms with Crippen molar-refractivity contribution in [3.63, 3.8) is 0 Å². The Labute approximate surface area is 116 Å². The van der Waals surface area contributed by atoms with E-state index in [1.165, 1.54) is 10.8 Å². The van der Waals surface area contributed by atoms with Crippen molar-refractivity contribution in [1.29, 1.82) is 0 Å². The van der Waals surface area contributed by atoms with Gasteiger partial charge in [-0.25, -0.2) is 9.51 Å². The van der Waals surface area contributed by atoms with Crippen LogP contribution in [0, 0.1) is 0 Å². The highest BCUT2D eigenvalue weighted by Crippen LogP contribution is 2.27. The maximum Gasteiger partial charge on any atom is 0.220 e. The molecule has 3 aromatic rings. The van der Waals surface area contributed by atoms with Crippen molar-refractivity contribution in [2.24, 2.45) is 4.99 Å². The Hall–Kier alpha value is -2.36. The Bertz CT molecular complexity index is 845. The van der Waals surface area contributed by atoms with E-state index in [4.69, 9.17) is 4.74 Å². The standard InChI is InChI=1S/C16H15N3O/c1-16(2)10-20-15(18-16)13-9-17-19-8-7-11-5-3-4-6-12(11)14(13)19/h3-9H,10H2,1-2H3. The van der Waals surface area contributed by atoms with Crippen molar-refractivity contribution in [1.82, 2.24) is 9.61 Å². The average Bonchev–Trinajstić information content (AvgIpc) is 3.01. The quantitative estimate of drug-likeness (QED) is 0.678. The second-order valence-corrected chi connectivity index (χ2v) is 5.77. The van der Waals surface area contributed by atoms with Gasteiger partial charge in [-0.05, 0) is 25.3 Å². The van der Waals surface area contributed by atoms with Gasteiger partial charge in [-0.3, -0.25) is 0 Å². The molecule has 0 atom stereocenters. The second-order valence-electron chi connectivity index (χ2n) is 5.77. The molecule has 0 saturated carbocycles. The van der Waals surface area contributed by atoms with Crippen molar-refractivity contribution in [3.8, 4) is 0 Å². The number of ether oxygens (including phenoxy) is 1. The van der Waals surface area contributed by atoms with Crippen molar-refractivity contribution in [2.45, 2.75) is 19.4 Å². The van der Waals surface area contributed by atoms with Gasteiger partial charge in [0.1, 0.15) is 6.61 Å². The molecule has 3 heterocycles. The van der Waals surface area contributed by atoms with Crippen molar-refractivity contribution in [2.75, 3.05) is 6.61 Å². The average molecular weight is 265 g/mol. The van der Waals surface area contributed by atoms with E-state index in [1.54, 1.807) is 0 Å². The molecular weight excluding hydrogens is 250 g/mol. The van der Waals surface area contributed by atoms with Crippen LogP contribution in [0.15, 0.2) is 47.7 Å². The highest BCUT2D eigenvalue weighted by molar-refractivity contribution is 6.09. The van der Waals surface area contributed by atoms with Crippen LogP contribution in [0.2, 0.25) is 0 Å². The molecule has 0 amide bonds. The third kappa shape index (κ3) is 1.61. The predicted molar refractivity (Wildman–Crippen MR) is 79.3 cm³/mol. The molecular formula is C16H15N3O. The smallest absolute Gasteiger partial charge is 0.220 e. The van der Waals surface area contributed by atoms with E-state index >= 15 is 0 Å². The first-order valence-electron chi connectivity index (χ1n) is 6.72. The molecule has 4 rings (SSSR count). The molecule has 1 aliphatic rings. The van der Waals surface area contributed by atoms with Crippen LogP contribution in [0.4, 0.5) is 0 Å². The fourth-order valence-corrected chi connectivity index (χ4v) is 2.63. The Kier molecular flexibility index (Phi) is 2.19. The predicted octanol–water partition coefficient (Wildman–Crippen LogP) is 3.04. The molecule has 0 aliphatic carbocycles. The number of benzene rings is 1. The highest BCUT2D eigenvalue weighted by Gasteiger charge is 2.28. The van der Waals surface area contributed by atoms with Crippen LogP contribution in [0.3, 0.4) is 0 Å². The molecule has 4 heteroatoms. The lowest BCUT2D eigenvalue weighted by Gasteiger charge is -2.07. The lowest BCUT2D eigenvalue weighted by Crippen LogP contribution is -2.17. The maximum atomic E-state index is 5.77. The van der Waals surface area contributed by atoms with Gasteiger partial charge in [0.25, 0.3) is 0 Å². The zero-order chi connectivity index (χ0) is 13.7. The molecule has 0 N–H and O–H groups in total. The third-order valence-electron chi connectivity index (χ3n) is 3.60. The van der Waals surface area contributed by atoms with E-state index in [2.05, 4.69) is 42.1 Å². The molecule has 0 spiro atoms. The minimum Gasteiger partial charge on any atom is -0.475 e. The molecule has 0 fully saturated rings. The van der Waals surface area contributed by atoms with Gasteiger partial charge in [-0.15, -0.1) is 0 Å². The number of rotatable bonds is 1. The summed E-state index contributed by atoms with van der Waals surface area (Å²) < 4.78 is 7.65. The van der Waals surface area contributed by atoms with Crippen LogP contribution >= 0.6 is 0 Å². The largest absolute Gasteiger partial charge is 0.475 e. The summed E-state index contributed by atoms with van der Waals surface area (Å²) >= 11 is 0. The van der Waals surface area contributed by atoms with Crippen molar-refractivity contribution < 1.29 is 4.74 Å². The molecule has 20 heavy (non-hydrogen) atoms. The topological polar surface area (TPSA) is 38.9 Å². The molecule has 2 aromatic heterocycles. The van der Waals surface area contributed by atoms with Gasteiger partial charge in [0.05, 0.1) is 22.8 Å². The summed E-state index contributed by atoms with van der Waals surface area (Å²) in [6, 6.07) is 10.4. The van der Waals surface area contributed by atoms with E-state index in [0.717, 1.165) is 11.1 Å². The van der Waals surface area contributed by atoms with Crippen LogP contribution in [-0.2, 0) is 4.74 Å². The van der Waals surface area contributed by atoms with E-state index in [9.17, 15) is 0 Å². The van der Waals surface area contributed by atoms with Gasteiger partial charge >= 0.3 is 0 Å². The van der Waals surface area contributed by atoms with Crippen LogP contribution < -0.4 is 0 Å². The van der Waals surface area contributed by atoms with E-state index in [0.29, 0.717) is 12.5 Å². The lowest BCUT2D eigenvalue weighted by molar-refractivity contribution is 0.279. The van der Waals surface area contributed by atoms with Gasteiger partial charge in [0.2, 0.25) is 5.90 Å². The number of hydrogen-bond acceptors (Lipinski definition) is 3. The second kappa shape index (κ2) is 3.82. The Morgan fingerprint density at radius 3 is 2.85 bits per heavy atom. The summed E-state index contributed by atoms with van der Waals surface area (Å²) in [5, 5.41) is 6.78. The van der Waals surface area contributed by atoms with Gasteiger partial charge in [0.15, 0.2) is 0 Å². The molecule has 4 nitrogen and oxygen atoms in total. The minimum absolute atomic E-state index is 0.159. The van der Waals surface area contributed by atoms with Gasteiger partial charge in [-0.2, -0.15) is 5.10 Å². The summed E-state index contributed by atoms with van der Waals surface area (Å²) in [4.78, 5) is 4.66. The first-order valence-corrected chi connectivity index (χ1v) is 6.72. The number of pyridine rings is 1. The molecule has 0 radical (unpaired) electrons. The van der Waals surface area contributed by atoms with Crippen LogP contribution in [0.5, 0.6) is 0 Å².